The van der Waals surface area contributed by atoms with Crippen LogP contribution in [-0.2, 0) is 17.6 Å². The predicted molar refractivity (Wildman–Crippen MR) is 124 cm³/mol. The van der Waals surface area contributed by atoms with Gasteiger partial charge in [-0.05, 0) is 31.4 Å². The Bertz CT molecular complexity index is 768. The van der Waals surface area contributed by atoms with E-state index in [9.17, 15) is 4.79 Å². The van der Waals surface area contributed by atoms with Crippen LogP contribution in [0.15, 0.2) is 40.6 Å². The molecule has 31 heavy (non-hydrogen) atoms. The molecule has 1 aromatic carbocycles. The molecule has 2 heterocycles. The minimum absolute atomic E-state index is 0. The second-order valence-electron chi connectivity index (χ2n) is 8.89. The van der Waals surface area contributed by atoms with E-state index in [1.807, 2.05) is 22.7 Å². The zero-order valence-corrected chi connectivity index (χ0v) is 23.4. The van der Waals surface area contributed by atoms with Gasteiger partial charge in [0.05, 0.1) is 25.0 Å². The molecular weight excluding hydrogens is 628 g/mol. The van der Waals surface area contributed by atoms with Crippen molar-refractivity contribution in [3.8, 4) is 0 Å². The van der Waals surface area contributed by atoms with E-state index in [0.717, 1.165) is 6.54 Å². The van der Waals surface area contributed by atoms with Crippen molar-refractivity contribution in [2.75, 3.05) is 25.4 Å². The minimum atomic E-state index is -0.0763. The third-order valence-electron chi connectivity index (χ3n) is 6.99. The van der Waals surface area contributed by atoms with Gasteiger partial charge in [0.1, 0.15) is 0 Å². The number of allylic oxidation sites excluding steroid dienone is 2. The van der Waals surface area contributed by atoms with Crippen molar-refractivity contribution in [3.05, 3.63) is 54.5 Å². The molecule has 0 saturated carbocycles. The number of amides is 1. The molecule has 1 saturated heterocycles. The van der Waals surface area contributed by atoms with E-state index in [0.29, 0.717) is 23.8 Å². The van der Waals surface area contributed by atoms with Gasteiger partial charge in [-0.2, -0.15) is 57.4 Å². The first-order valence-corrected chi connectivity index (χ1v) is 12.5. The smallest absolute Gasteiger partial charge is 0.360 e. The van der Waals surface area contributed by atoms with Crippen LogP contribution in [0, 0.1) is 49.5 Å². The predicted octanol–water partition coefficient (Wildman–Crippen LogP) is 5.08. The Morgan fingerprint density at radius 3 is 2.77 bits per heavy atom. The first-order valence-electron chi connectivity index (χ1n) is 11.4. The summed E-state index contributed by atoms with van der Waals surface area (Å²) in [6.45, 7) is 5.73. The molecule has 164 valence electrons. The third kappa shape index (κ3) is 6.21. The van der Waals surface area contributed by atoms with E-state index < -0.39 is 0 Å². The van der Waals surface area contributed by atoms with Crippen LogP contribution in [0.3, 0.4) is 0 Å². The summed E-state index contributed by atoms with van der Waals surface area (Å²) in [5.74, 6) is 1.13. The molecule has 1 amide bonds. The van der Waals surface area contributed by atoms with Gasteiger partial charge in [0.25, 0.3) is 0 Å². The van der Waals surface area contributed by atoms with Gasteiger partial charge >= 0.3 is 31.1 Å². The Balaban J connectivity index is 0.000000227. The quantitative estimate of drug-likeness (QED) is 0.335. The average Bonchev–Trinajstić information content (AvgIpc) is 3.47. The molecular formula is C25H33N3OSU. The van der Waals surface area contributed by atoms with Gasteiger partial charge in [-0.1, -0.05) is 37.8 Å². The second kappa shape index (κ2) is 12.0. The molecule has 2 unspecified atom stereocenters. The summed E-state index contributed by atoms with van der Waals surface area (Å²) in [7, 11) is 0. The van der Waals surface area contributed by atoms with Gasteiger partial charge in [0.15, 0.2) is 0 Å². The molecule has 1 fully saturated rings. The van der Waals surface area contributed by atoms with Crippen molar-refractivity contribution in [2.45, 2.75) is 62.7 Å². The van der Waals surface area contributed by atoms with Crippen LogP contribution in [0.25, 0.3) is 0 Å². The summed E-state index contributed by atoms with van der Waals surface area (Å²) in [5, 5.41) is 8.59. The number of hydrogen-bond donors (Lipinski definition) is 0. The maximum atomic E-state index is 12.0. The van der Waals surface area contributed by atoms with Gasteiger partial charge in [-0.3, -0.25) is 0 Å². The van der Waals surface area contributed by atoms with Crippen molar-refractivity contribution in [2.24, 2.45) is 15.6 Å². The molecule has 2 aliphatic carbocycles. The number of carbonyl (C=O) groups is 1. The number of rotatable bonds is 3. The zero-order chi connectivity index (χ0) is 20.8. The number of fused-ring (bicyclic) bond motifs is 1. The fourth-order valence-electron chi connectivity index (χ4n) is 5.18. The average molecular weight is 662 g/mol. The number of nitrogens with zero attached hydrogens (tertiary/aromatic N) is 3. The van der Waals surface area contributed by atoms with Crippen molar-refractivity contribution >= 4 is 17.7 Å². The van der Waals surface area contributed by atoms with Crippen LogP contribution in [0.5, 0.6) is 0 Å². The standard InChI is InChI=1S/C16H24N3OS.C9H9.U/c1-13(20)19(14-10-17-18-11-14)12-15-16(8-9-21-15)6-4-2-3-5-7-16;1-2-5-9-7-3-6-8(9)4-1;/h4,6,14-15H,1-3,5,7-12H2;1,4-5H,3,6-7H2;/q2*-1;+2. The number of aryl methyl sites for hydroxylation is 2. The van der Waals surface area contributed by atoms with Gasteiger partial charge in [-0.15, -0.1) is 0 Å². The second-order valence-corrected chi connectivity index (χ2v) is 10.2. The van der Waals surface area contributed by atoms with E-state index in [-0.39, 0.29) is 43.1 Å². The molecule has 2 aliphatic heterocycles. The number of carbonyl (C=O) groups excluding carboxylic acids is 1. The molecule has 0 aromatic heterocycles. The van der Waals surface area contributed by atoms with Crippen LogP contribution in [0.1, 0.15) is 49.7 Å². The number of thioether (sulfide) groups is 1. The summed E-state index contributed by atoms with van der Waals surface area (Å²) in [4.78, 5) is 13.9. The largest absolute Gasteiger partial charge is 2.00 e. The Labute approximate surface area is 215 Å². The Morgan fingerprint density at radius 1 is 1.19 bits per heavy atom. The van der Waals surface area contributed by atoms with Gasteiger partial charge in [-0.25, -0.2) is 0 Å². The fraction of sp³-hybridized carbons (Fsp3) is 0.600. The molecule has 0 bridgehead atoms. The van der Waals surface area contributed by atoms with Crippen molar-refractivity contribution in [1.29, 1.82) is 0 Å². The molecule has 2 atom stereocenters. The molecule has 5 rings (SSSR count). The maximum Gasteiger partial charge on any atom is 2.00 e. The van der Waals surface area contributed by atoms with Crippen molar-refractivity contribution in [3.63, 3.8) is 0 Å². The number of hydrogen-bond acceptors (Lipinski definition) is 4. The Kier molecular flexibility index (Phi) is 9.62. The van der Waals surface area contributed by atoms with Crippen molar-refractivity contribution < 1.29 is 35.9 Å². The zero-order valence-electron chi connectivity index (χ0n) is 18.4. The summed E-state index contributed by atoms with van der Waals surface area (Å²) in [5.41, 5.74) is 3.34. The summed E-state index contributed by atoms with van der Waals surface area (Å²) in [6.07, 6.45) is 15.0. The van der Waals surface area contributed by atoms with E-state index in [1.165, 1.54) is 68.2 Å². The first kappa shape index (κ1) is 24.9. The Hall–Kier alpha value is -0.698. The van der Waals surface area contributed by atoms with Gasteiger partial charge < -0.3 is 16.6 Å². The summed E-state index contributed by atoms with van der Waals surface area (Å²) in [6, 6.07) is 9.52. The molecule has 6 heteroatoms. The summed E-state index contributed by atoms with van der Waals surface area (Å²) >= 11 is 2.03. The molecule has 4 nitrogen and oxygen atoms in total. The van der Waals surface area contributed by atoms with Gasteiger partial charge in [0, 0.05) is 17.2 Å². The normalized spacial score (nSPS) is 26.6. The molecule has 0 N–H and O–H groups in total. The monoisotopic (exact) mass is 661 g/mol. The van der Waals surface area contributed by atoms with Crippen LogP contribution in [0.4, 0.5) is 0 Å². The molecule has 0 radical (unpaired) electrons. The van der Waals surface area contributed by atoms with Crippen LogP contribution >= 0.6 is 11.8 Å². The van der Waals surface area contributed by atoms with E-state index in [1.54, 1.807) is 0 Å². The molecule has 4 aliphatic rings. The maximum absolute atomic E-state index is 12.0. The van der Waals surface area contributed by atoms with E-state index >= 15 is 0 Å². The number of benzene rings is 1. The van der Waals surface area contributed by atoms with Crippen LogP contribution in [0.2, 0.25) is 0 Å². The van der Waals surface area contributed by atoms with Crippen LogP contribution in [-0.4, -0.2) is 47.5 Å². The third-order valence-corrected chi connectivity index (χ3v) is 8.45. The number of azo groups is 1. The minimum Gasteiger partial charge on any atom is -0.360 e. The topological polar surface area (TPSA) is 45.0 Å². The summed E-state index contributed by atoms with van der Waals surface area (Å²) < 4.78 is 0. The Morgan fingerprint density at radius 2 is 2.00 bits per heavy atom. The molecule has 1 spiro atoms. The SMILES string of the molecule is [CH2-]C(=O)N(CC1SCCC12C=CCCCC2)C1CN=NC1.[U+2].[c-]1ccc2c(c1)CCC2. The van der Waals surface area contributed by atoms with E-state index in [2.05, 4.69) is 47.5 Å². The first-order chi connectivity index (χ1) is 14.7. The molecule has 1 aromatic rings. The fourth-order valence-corrected chi connectivity index (χ4v) is 6.88. The van der Waals surface area contributed by atoms with Crippen molar-refractivity contribution in [1.82, 2.24) is 4.90 Å². The van der Waals surface area contributed by atoms with Crippen LogP contribution < -0.4 is 0 Å². The van der Waals surface area contributed by atoms with Gasteiger partial charge in [0.2, 0.25) is 0 Å². The van der Waals surface area contributed by atoms with E-state index in [4.69, 9.17) is 0 Å².